The fourth-order valence-corrected chi connectivity index (χ4v) is 1.66. The van der Waals surface area contributed by atoms with E-state index in [1.165, 1.54) is 16.0 Å². The predicted octanol–water partition coefficient (Wildman–Crippen LogP) is 1.56. The molecule has 0 aliphatic carbocycles. The monoisotopic (exact) mass is 222 g/mol. The maximum absolute atomic E-state index is 11.6. The molecule has 0 spiro atoms. The molecule has 0 saturated carbocycles. The highest BCUT2D eigenvalue weighted by Gasteiger charge is 2.15. The molecule has 0 fully saturated rings. The second-order valence-corrected chi connectivity index (χ2v) is 4.25. The van der Waals surface area contributed by atoms with Crippen LogP contribution in [0.3, 0.4) is 0 Å². The van der Waals surface area contributed by atoms with Crippen molar-refractivity contribution >= 4 is 17.1 Å². The van der Waals surface area contributed by atoms with Gasteiger partial charge in [-0.2, -0.15) is 4.68 Å². The van der Waals surface area contributed by atoms with Crippen molar-refractivity contribution in [3.8, 4) is 5.13 Å². The molecule has 0 saturated heterocycles. The van der Waals surface area contributed by atoms with Crippen molar-refractivity contribution in [3.05, 3.63) is 23.5 Å². The zero-order chi connectivity index (χ0) is 10.8. The van der Waals surface area contributed by atoms with E-state index in [1.807, 2.05) is 19.2 Å². The average Bonchev–Trinajstić information content (AvgIpc) is 2.86. The lowest BCUT2D eigenvalue weighted by Gasteiger charge is -1.97. The predicted molar refractivity (Wildman–Crippen MR) is 56.2 cm³/mol. The van der Waals surface area contributed by atoms with Crippen LogP contribution in [0.25, 0.3) is 5.13 Å². The van der Waals surface area contributed by atoms with Crippen LogP contribution in [0.15, 0.2) is 17.8 Å². The van der Waals surface area contributed by atoms with Crippen LogP contribution in [-0.2, 0) is 0 Å². The summed E-state index contributed by atoms with van der Waals surface area (Å²) in [5.41, 5.74) is 0.389. The number of hydrogen-bond acceptors (Lipinski definition) is 5. The Morgan fingerprint density at radius 2 is 2.33 bits per heavy atom. The normalized spacial score (nSPS) is 10.9. The Bertz CT molecular complexity index is 460. The highest BCUT2D eigenvalue weighted by molar-refractivity contribution is 7.12. The molecule has 0 unspecified atom stereocenters. The molecule has 0 N–H and O–H groups in total. The fraction of sp³-hybridized carbons (Fsp3) is 0.333. The molecule has 15 heavy (non-hydrogen) atoms. The van der Waals surface area contributed by atoms with Crippen molar-refractivity contribution in [2.24, 2.45) is 5.92 Å². The zero-order valence-corrected chi connectivity index (χ0v) is 9.23. The molecule has 0 amide bonds. The Morgan fingerprint density at radius 3 is 2.93 bits per heavy atom. The average molecular weight is 222 g/mol. The quantitative estimate of drug-likeness (QED) is 0.739. The second kappa shape index (κ2) is 3.90. The topological polar surface area (TPSA) is 60.7 Å². The van der Waals surface area contributed by atoms with E-state index >= 15 is 0 Å². The first-order valence-corrected chi connectivity index (χ1v) is 5.43. The number of carbonyl (C=O) groups excluding carboxylic acids is 1. The Kier molecular flexibility index (Phi) is 2.59. The maximum atomic E-state index is 11.6. The number of ketones is 1. The summed E-state index contributed by atoms with van der Waals surface area (Å²) >= 11 is 1.45. The van der Waals surface area contributed by atoms with Gasteiger partial charge in [-0.25, -0.2) is 4.98 Å². The van der Waals surface area contributed by atoms with Gasteiger partial charge in [-0.15, -0.1) is 16.4 Å². The Labute approximate surface area is 90.8 Å². The van der Waals surface area contributed by atoms with Gasteiger partial charge >= 0.3 is 0 Å². The first-order chi connectivity index (χ1) is 7.18. The zero-order valence-electron chi connectivity index (χ0n) is 8.41. The number of hydrogen-bond donors (Lipinski definition) is 0. The smallest absolute Gasteiger partial charge is 0.211 e. The SMILES string of the molecule is CC(C)C(=O)c1cn(-c2nccs2)nn1. The van der Waals surface area contributed by atoms with E-state index in [1.54, 1.807) is 12.4 Å². The summed E-state index contributed by atoms with van der Waals surface area (Å²) in [7, 11) is 0. The van der Waals surface area contributed by atoms with Crippen LogP contribution in [0.4, 0.5) is 0 Å². The summed E-state index contributed by atoms with van der Waals surface area (Å²) < 4.78 is 1.51. The maximum Gasteiger partial charge on any atom is 0.211 e. The fourth-order valence-electron chi connectivity index (χ4n) is 1.10. The minimum atomic E-state index is -0.0635. The van der Waals surface area contributed by atoms with Crippen molar-refractivity contribution in [3.63, 3.8) is 0 Å². The number of Topliss-reactive ketones (excluding diaryl/α,β-unsaturated/α-hetero) is 1. The molecule has 2 aromatic heterocycles. The molecular formula is C9H10N4OS. The first kappa shape index (κ1) is 9.97. The van der Waals surface area contributed by atoms with E-state index in [0.29, 0.717) is 10.8 Å². The molecule has 0 radical (unpaired) electrons. The first-order valence-electron chi connectivity index (χ1n) is 4.55. The summed E-state index contributed by atoms with van der Waals surface area (Å²) in [6.45, 7) is 3.68. The van der Waals surface area contributed by atoms with Gasteiger partial charge in [-0.1, -0.05) is 19.1 Å². The van der Waals surface area contributed by atoms with E-state index < -0.39 is 0 Å². The Hall–Kier alpha value is -1.56. The third kappa shape index (κ3) is 1.94. The number of nitrogens with zero attached hydrogens (tertiary/aromatic N) is 4. The van der Waals surface area contributed by atoms with Crippen LogP contribution < -0.4 is 0 Å². The number of carbonyl (C=O) groups is 1. The molecule has 78 valence electrons. The molecule has 0 aromatic carbocycles. The van der Waals surface area contributed by atoms with E-state index in [2.05, 4.69) is 15.3 Å². The summed E-state index contributed by atoms with van der Waals surface area (Å²) in [5.74, 6) is -0.0655. The van der Waals surface area contributed by atoms with Gasteiger partial charge in [-0.05, 0) is 0 Å². The van der Waals surface area contributed by atoms with Gasteiger partial charge in [-0.3, -0.25) is 4.79 Å². The molecule has 0 aliphatic rings. The van der Waals surface area contributed by atoms with Crippen molar-refractivity contribution in [1.82, 2.24) is 20.0 Å². The van der Waals surface area contributed by atoms with Crippen molar-refractivity contribution in [2.75, 3.05) is 0 Å². The van der Waals surface area contributed by atoms with Crippen LogP contribution in [-0.4, -0.2) is 25.8 Å². The minimum Gasteiger partial charge on any atom is -0.292 e. The largest absolute Gasteiger partial charge is 0.292 e. The van der Waals surface area contributed by atoms with Gasteiger partial charge in [0.1, 0.15) is 5.69 Å². The van der Waals surface area contributed by atoms with Crippen LogP contribution >= 0.6 is 11.3 Å². The lowest BCUT2D eigenvalue weighted by molar-refractivity contribution is 0.0934. The lowest BCUT2D eigenvalue weighted by atomic mass is 10.1. The summed E-state index contributed by atoms with van der Waals surface area (Å²) in [6, 6.07) is 0. The summed E-state index contributed by atoms with van der Waals surface area (Å²) in [5, 5.41) is 10.2. The van der Waals surface area contributed by atoms with Gasteiger partial charge < -0.3 is 0 Å². The van der Waals surface area contributed by atoms with Gasteiger partial charge in [0, 0.05) is 17.5 Å². The summed E-state index contributed by atoms with van der Waals surface area (Å²) in [6.07, 6.45) is 3.30. The minimum absolute atomic E-state index is 0.00203. The molecule has 2 aromatic rings. The van der Waals surface area contributed by atoms with Crippen molar-refractivity contribution in [2.45, 2.75) is 13.8 Å². The van der Waals surface area contributed by atoms with Gasteiger partial charge in [0.25, 0.3) is 0 Å². The summed E-state index contributed by atoms with van der Waals surface area (Å²) in [4.78, 5) is 15.7. The highest BCUT2D eigenvalue weighted by Crippen LogP contribution is 2.11. The van der Waals surface area contributed by atoms with Gasteiger partial charge in [0.2, 0.25) is 5.13 Å². The number of rotatable bonds is 3. The molecule has 0 aliphatic heterocycles. The van der Waals surface area contributed by atoms with Gasteiger partial charge in [0.15, 0.2) is 5.78 Å². The standard InChI is InChI=1S/C9H10N4OS/c1-6(2)8(14)7-5-13(12-11-7)9-10-3-4-15-9/h3-6H,1-2H3. The van der Waals surface area contributed by atoms with Crippen molar-refractivity contribution < 1.29 is 4.79 Å². The van der Waals surface area contributed by atoms with Crippen LogP contribution in [0.2, 0.25) is 0 Å². The second-order valence-electron chi connectivity index (χ2n) is 3.38. The molecule has 2 rings (SSSR count). The third-order valence-electron chi connectivity index (χ3n) is 1.89. The van der Waals surface area contributed by atoms with Crippen molar-refractivity contribution in [1.29, 1.82) is 0 Å². The lowest BCUT2D eigenvalue weighted by Crippen LogP contribution is -2.07. The van der Waals surface area contributed by atoms with E-state index in [0.717, 1.165) is 0 Å². The van der Waals surface area contributed by atoms with Gasteiger partial charge in [0.05, 0.1) is 6.20 Å². The third-order valence-corrected chi connectivity index (χ3v) is 2.65. The van der Waals surface area contributed by atoms with Crippen LogP contribution in [0.1, 0.15) is 24.3 Å². The molecule has 5 nitrogen and oxygen atoms in total. The molecule has 6 heteroatoms. The Morgan fingerprint density at radius 1 is 1.53 bits per heavy atom. The molecule has 2 heterocycles. The molecule has 0 bridgehead atoms. The number of aromatic nitrogens is 4. The van der Waals surface area contributed by atoms with E-state index in [4.69, 9.17) is 0 Å². The number of thiazole rings is 1. The Balaban J connectivity index is 2.29. The molecule has 0 atom stereocenters. The van der Waals surface area contributed by atoms with E-state index in [9.17, 15) is 4.79 Å². The van der Waals surface area contributed by atoms with E-state index in [-0.39, 0.29) is 11.7 Å². The molecular weight excluding hydrogens is 212 g/mol. The van der Waals surface area contributed by atoms with Crippen LogP contribution in [0, 0.1) is 5.92 Å². The highest BCUT2D eigenvalue weighted by atomic mass is 32.1. The van der Waals surface area contributed by atoms with Crippen LogP contribution in [0.5, 0.6) is 0 Å².